The second-order valence-electron chi connectivity index (χ2n) is 3.95. The fraction of sp³-hybridized carbons (Fsp3) is 0.333. The van der Waals surface area contributed by atoms with Gasteiger partial charge in [-0.1, -0.05) is 15.9 Å². The summed E-state index contributed by atoms with van der Waals surface area (Å²) >= 11 is 3.22. The van der Waals surface area contributed by atoms with E-state index in [0.29, 0.717) is 10.0 Å². The summed E-state index contributed by atoms with van der Waals surface area (Å²) < 4.78 is 48.2. The molecule has 3 N–H and O–H groups in total. The Bertz CT molecular complexity index is 645. The fourth-order valence-electron chi connectivity index (χ4n) is 1.38. The van der Waals surface area contributed by atoms with Crippen LogP contribution >= 0.6 is 15.9 Å². The molecule has 0 aliphatic carbocycles. The topological polar surface area (TPSA) is 106 Å². The first-order valence-electron chi connectivity index (χ1n) is 4.74. The zero-order valence-corrected chi connectivity index (χ0v) is 13.0. The molecule has 18 heavy (non-hydrogen) atoms. The Hall–Kier alpha value is -0.800. The number of anilines is 2. The molecule has 0 saturated heterocycles. The van der Waals surface area contributed by atoms with Crippen molar-refractivity contribution in [1.82, 2.24) is 0 Å². The standard InChI is InChI=1S/C9H13BrN2O4S2/c1-6-3-7(10)4-8(11)9(6)12-18(15,16)5-17(2,13)14/h3-4,12H,5,11H2,1-2H3. The fourth-order valence-corrected chi connectivity index (χ4v) is 5.05. The number of nitrogens with two attached hydrogens (primary N) is 1. The Labute approximate surface area is 115 Å². The quantitative estimate of drug-likeness (QED) is 0.785. The summed E-state index contributed by atoms with van der Waals surface area (Å²) in [6.45, 7) is 1.67. The highest BCUT2D eigenvalue weighted by Crippen LogP contribution is 2.28. The normalized spacial score (nSPS) is 12.4. The summed E-state index contributed by atoms with van der Waals surface area (Å²) in [4.78, 5) is 0. The number of hydrogen-bond acceptors (Lipinski definition) is 5. The van der Waals surface area contributed by atoms with Crippen LogP contribution in [0.1, 0.15) is 5.56 Å². The minimum Gasteiger partial charge on any atom is -0.397 e. The number of sulfonamides is 1. The lowest BCUT2D eigenvalue weighted by atomic mass is 10.2. The maximum Gasteiger partial charge on any atom is 0.247 e. The molecular formula is C9H13BrN2O4S2. The molecule has 0 spiro atoms. The van der Waals surface area contributed by atoms with Gasteiger partial charge in [-0.2, -0.15) is 0 Å². The van der Waals surface area contributed by atoms with Gasteiger partial charge >= 0.3 is 0 Å². The Morgan fingerprint density at radius 3 is 2.28 bits per heavy atom. The molecule has 0 heterocycles. The lowest BCUT2D eigenvalue weighted by molar-refractivity contribution is 0.595. The summed E-state index contributed by atoms with van der Waals surface area (Å²) in [5, 5.41) is -0.977. The average molecular weight is 357 g/mol. The summed E-state index contributed by atoms with van der Waals surface area (Å²) in [6, 6.07) is 3.21. The molecule has 0 atom stereocenters. The van der Waals surface area contributed by atoms with Gasteiger partial charge in [0.2, 0.25) is 10.0 Å². The molecule has 0 amide bonds. The molecule has 0 aliphatic rings. The first-order chi connectivity index (χ1) is 8.00. The Kier molecular flexibility index (Phi) is 4.29. The largest absolute Gasteiger partial charge is 0.397 e. The number of rotatable bonds is 4. The summed E-state index contributed by atoms with van der Waals surface area (Å²) in [7, 11) is -7.62. The molecule has 9 heteroatoms. The van der Waals surface area contributed by atoms with Gasteiger partial charge in [-0.25, -0.2) is 16.8 Å². The van der Waals surface area contributed by atoms with Crippen molar-refractivity contribution >= 4 is 47.2 Å². The number of sulfone groups is 1. The van der Waals surface area contributed by atoms with Crippen LogP contribution in [0.4, 0.5) is 11.4 Å². The molecule has 6 nitrogen and oxygen atoms in total. The molecular weight excluding hydrogens is 344 g/mol. The third-order valence-electron chi connectivity index (χ3n) is 1.96. The van der Waals surface area contributed by atoms with Gasteiger partial charge in [0.15, 0.2) is 14.9 Å². The maximum absolute atomic E-state index is 11.6. The molecule has 102 valence electrons. The van der Waals surface area contributed by atoms with Crippen molar-refractivity contribution in [1.29, 1.82) is 0 Å². The molecule has 1 rings (SSSR count). The SMILES string of the molecule is Cc1cc(Br)cc(N)c1NS(=O)(=O)CS(C)(=O)=O. The molecule has 0 unspecified atom stereocenters. The first kappa shape index (κ1) is 15.3. The number of nitrogen functional groups attached to an aromatic ring is 1. The van der Waals surface area contributed by atoms with Crippen molar-refractivity contribution in [3.05, 3.63) is 22.2 Å². The van der Waals surface area contributed by atoms with Gasteiger partial charge in [0, 0.05) is 10.7 Å². The Balaban J connectivity index is 3.13. The van der Waals surface area contributed by atoms with E-state index in [1.54, 1.807) is 13.0 Å². The van der Waals surface area contributed by atoms with Crippen molar-refractivity contribution in [3.8, 4) is 0 Å². The van der Waals surface area contributed by atoms with Gasteiger partial charge in [0.25, 0.3) is 0 Å². The number of benzene rings is 1. The van der Waals surface area contributed by atoms with Crippen molar-refractivity contribution in [2.24, 2.45) is 0 Å². The van der Waals surface area contributed by atoms with E-state index in [0.717, 1.165) is 6.26 Å². The van der Waals surface area contributed by atoms with Gasteiger partial charge in [0.1, 0.15) is 0 Å². The molecule has 0 bridgehead atoms. The van der Waals surface area contributed by atoms with E-state index in [9.17, 15) is 16.8 Å². The number of aryl methyl sites for hydroxylation is 1. The third kappa shape index (κ3) is 4.46. The zero-order chi connectivity index (χ0) is 14.1. The smallest absolute Gasteiger partial charge is 0.247 e. The van der Waals surface area contributed by atoms with Crippen LogP contribution in [-0.2, 0) is 19.9 Å². The highest BCUT2D eigenvalue weighted by Gasteiger charge is 2.20. The van der Waals surface area contributed by atoms with Crippen molar-refractivity contribution in [2.75, 3.05) is 21.8 Å². The van der Waals surface area contributed by atoms with E-state index < -0.39 is 24.9 Å². The van der Waals surface area contributed by atoms with Gasteiger partial charge < -0.3 is 5.73 Å². The second kappa shape index (κ2) is 5.06. The summed E-state index contributed by atoms with van der Waals surface area (Å²) in [5.41, 5.74) is 6.70. The van der Waals surface area contributed by atoms with Crippen LogP contribution in [0, 0.1) is 6.92 Å². The minimum atomic E-state index is -3.98. The van der Waals surface area contributed by atoms with E-state index in [4.69, 9.17) is 5.73 Å². The Morgan fingerprint density at radius 2 is 1.83 bits per heavy atom. The van der Waals surface area contributed by atoms with Crippen LogP contribution in [-0.4, -0.2) is 28.2 Å². The van der Waals surface area contributed by atoms with Crippen molar-refractivity contribution in [3.63, 3.8) is 0 Å². The van der Waals surface area contributed by atoms with Crippen LogP contribution in [0.2, 0.25) is 0 Å². The van der Waals surface area contributed by atoms with Gasteiger partial charge in [-0.05, 0) is 24.6 Å². The van der Waals surface area contributed by atoms with E-state index in [1.165, 1.54) is 6.07 Å². The lowest BCUT2D eigenvalue weighted by Gasteiger charge is -2.13. The second-order valence-corrected chi connectivity index (χ2v) is 9.09. The molecule has 0 saturated carbocycles. The lowest BCUT2D eigenvalue weighted by Crippen LogP contribution is -2.23. The molecule has 0 radical (unpaired) electrons. The molecule has 0 fully saturated rings. The first-order valence-corrected chi connectivity index (χ1v) is 9.24. The van der Waals surface area contributed by atoms with E-state index in [-0.39, 0.29) is 11.4 Å². The predicted molar refractivity (Wildman–Crippen MR) is 75.5 cm³/mol. The number of halogens is 1. The Morgan fingerprint density at radius 1 is 1.28 bits per heavy atom. The minimum absolute atomic E-state index is 0.196. The monoisotopic (exact) mass is 356 g/mol. The van der Waals surface area contributed by atoms with Crippen LogP contribution < -0.4 is 10.5 Å². The molecule has 1 aromatic carbocycles. The van der Waals surface area contributed by atoms with Crippen molar-refractivity contribution in [2.45, 2.75) is 6.92 Å². The van der Waals surface area contributed by atoms with Gasteiger partial charge in [-0.3, -0.25) is 4.72 Å². The maximum atomic E-state index is 11.6. The molecule has 0 aliphatic heterocycles. The highest BCUT2D eigenvalue weighted by molar-refractivity contribution is 9.10. The van der Waals surface area contributed by atoms with Crippen LogP contribution in [0.3, 0.4) is 0 Å². The van der Waals surface area contributed by atoms with Crippen molar-refractivity contribution < 1.29 is 16.8 Å². The third-order valence-corrected chi connectivity index (χ3v) is 5.88. The zero-order valence-electron chi connectivity index (χ0n) is 9.77. The summed E-state index contributed by atoms with van der Waals surface area (Å²) in [6.07, 6.45) is 0.851. The predicted octanol–water partition coefficient (Wildman–Crippen LogP) is 1.08. The van der Waals surface area contributed by atoms with Crippen LogP contribution in [0.15, 0.2) is 16.6 Å². The summed E-state index contributed by atoms with van der Waals surface area (Å²) in [5.74, 6) is 0. The molecule has 0 aromatic heterocycles. The van der Waals surface area contributed by atoms with Gasteiger partial charge in [-0.15, -0.1) is 0 Å². The van der Waals surface area contributed by atoms with Crippen LogP contribution in [0.5, 0.6) is 0 Å². The highest BCUT2D eigenvalue weighted by atomic mass is 79.9. The van der Waals surface area contributed by atoms with Crippen LogP contribution in [0.25, 0.3) is 0 Å². The van der Waals surface area contributed by atoms with E-state index in [1.807, 2.05) is 0 Å². The average Bonchev–Trinajstić information content (AvgIpc) is 2.07. The van der Waals surface area contributed by atoms with E-state index in [2.05, 4.69) is 20.7 Å². The molecule has 1 aromatic rings. The number of nitrogens with one attached hydrogen (secondary N) is 1. The van der Waals surface area contributed by atoms with E-state index >= 15 is 0 Å². The number of hydrogen-bond donors (Lipinski definition) is 2. The van der Waals surface area contributed by atoms with Gasteiger partial charge in [0.05, 0.1) is 11.4 Å².